The fraction of sp³-hybridized carbons (Fsp3) is 0.417. The standard InChI is InChI=1S/C12H17NO/c1-3-11-8-10(5-4-9(2)14)6-7-12(11)13/h6-8H,3-5,13H2,1-2H3. The predicted octanol–water partition coefficient (Wildman–Crippen LogP) is 2.35. The molecule has 0 heterocycles. The van der Waals surface area contributed by atoms with Crippen molar-refractivity contribution >= 4 is 11.5 Å². The van der Waals surface area contributed by atoms with E-state index in [1.54, 1.807) is 6.92 Å². The molecule has 2 nitrogen and oxygen atoms in total. The van der Waals surface area contributed by atoms with Crippen molar-refractivity contribution < 1.29 is 4.79 Å². The molecule has 0 saturated carbocycles. The number of ketones is 1. The largest absolute Gasteiger partial charge is 0.399 e. The van der Waals surface area contributed by atoms with Gasteiger partial charge in [-0.2, -0.15) is 0 Å². The summed E-state index contributed by atoms with van der Waals surface area (Å²) in [5.41, 5.74) is 9.01. The molecule has 14 heavy (non-hydrogen) atoms. The minimum absolute atomic E-state index is 0.236. The summed E-state index contributed by atoms with van der Waals surface area (Å²) in [5.74, 6) is 0.236. The third-order valence-electron chi connectivity index (χ3n) is 2.35. The van der Waals surface area contributed by atoms with Crippen LogP contribution in [0.25, 0.3) is 0 Å². The first-order chi connectivity index (χ1) is 6.63. The Morgan fingerprint density at radius 2 is 2.14 bits per heavy atom. The second-order valence-corrected chi connectivity index (χ2v) is 3.59. The van der Waals surface area contributed by atoms with Crippen LogP contribution < -0.4 is 5.73 Å². The van der Waals surface area contributed by atoms with Gasteiger partial charge in [0.15, 0.2) is 0 Å². The molecule has 0 aromatic heterocycles. The van der Waals surface area contributed by atoms with Crippen molar-refractivity contribution in [3.05, 3.63) is 29.3 Å². The van der Waals surface area contributed by atoms with Crippen molar-refractivity contribution in [3.8, 4) is 0 Å². The van der Waals surface area contributed by atoms with Gasteiger partial charge >= 0.3 is 0 Å². The van der Waals surface area contributed by atoms with Gasteiger partial charge in [-0.1, -0.05) is 19.1 Å². The number of nitrogen functional groups attached to an aromatic ring is 1. The zero-order chi connectivity index (χ0) is 10.6. The predicted molar refractivity (Wildman–Crippen MR) is 59.2 cm³/mol. The van der Waals surface area contributed by atoms with Gasteiger partial charge in [0.25, 0.3) is 0 Å². The van der Waals surface area contributed by atoms with Gasteiger partial charge in [0.2, 0.25) is 0 Å². The molecule has 2 heteroatoms. The molecule has 1 rings (SSSR count). The van der Waals surface area contributed by atoms with E-state index in [0.717, 1.165) is 18.5 Å². The van der Waals surface area contributed by atoms with Crippen LogP contribution >= 0.6 is 0 Å². The van der Waals surface area contributed by atoms with Crippen molar-refractivity contribution in [1.82, 2.24) is 0 Å². The lowest BCUT2D eigenvalue weighted by Crippen LogP contribution is -1.97. The molecule has 0 fully saturated rings. The third-order valence-corrected chi connectivity index (χ3v) is 2.35. The summed E-state index contributed by atoms with van der Waals surface area (Å²) in [6.45, 7) is 3.71. The van der Waals surface area contributed by atoms with Crippen LogP contribution in [0.3, 0.4) is 0 Å². The molecule has 1 aromatic carbocycles. The highest BCUT2D eigenvalue weighted by atomic mass is 16.1. The number of carbonyl (C=O) groups is 1. The first kappa shape index (κ1) is 10.8. The van der Waals surface area contributed by atoms with Crippen LogP contribution in [0.1, 0.15) is 31.4 Å². The van der Waals surface area contributed by atoms with Crippen molar-refractivity contribution in [2.45, 2.75) is 33.1 Å². The highest BCUT2D eigenvalue weighted by Crippen LogP contribution is 2.15. The normalized spacial score (nSPS) is 10.1. The monoisotopic (exact) mass is 191 g/mol. The Kier molecular flexibility index (Phi) is 3.69. The minimum atomic E-state index is 0.236. The number of nitrogens with two attached hydrogens (primary N) is 1. The van der Waals surface area contributed by atoms with E-state index in [1.165, 1.54) is 11.1 Å². The lowest BCUT2D eigenvalue weighted by atomic mass is 10.0. The van der Waals surface area contributed by atoms with Crippen LogP contribution in [0.15, 0.2) is 18.2 Å². The van der Waals surface area contributed by atoms with Gasteiger partial charge in [0.05, 0.1) is 0 Å². The van der Waals surface area contributed by atoms with Crippen LogP contribution in [0, 0.1) is 0 Å². The summed E-state index contributed by atoms with van der Waals surface area (Å²) in [6, 6.07) is 6.02. The molecule has 0 bridgehead atoms. The van der Waals surface area contributed by atoms with E-state index in [4.69, 9.17) is 5.73 Å². The van der Waals surface area contributed by atoms with E-state index >= 15 is 0 Å². The van der Waals surface area contributed by atoms with Gasteiger partial charge < -0.3 is 10.5 Å². The lowest BCUT2D eigenvalue weighted by molar-refractivity contribution is -0.116. The molecule has 0 amide bonds. The Bertz CT molecular complexity index is 331. The van der Waals surface area contributed by atoms with E-state index < -0.39 is 0 Å². The maximum absolute atomic E-state index is 10.8. The van der Waals surface area contributed by atoms with Crippen molar-refractivity contribution in [1.29, 1.82) is 0 Å². The second-order valence-electron chi connectivity index (χ2n) is 3.59. The SMILES string of the molecule is CCc1cc(CCC(C)=O)ccc1N. The topological polar surface area (TPSA) is 43.1 Å². The Morgan fingerprint density at radius 1 is 1.43 bits per heavy atom. The molecule has 0 radical (unpaired) electrons. The fourth-order valence-electron chi connectivity index (χ4n) is 1.44. The van der Waals surface area contributed by atoms with E-state index in [0.29, 0.717) is 6.42 Å². The van der Waals surface area contributed by atoms with Crippen LogP contribution in [0.5, 0.6) is 0 Å². The molecule has 2 N–H and O–H groups in total. The summed E-state index contributed by atoms with van der Waals surface area (Å²) >= 11 is 0. The molecule has 0 spiro atoms. The second kappa shape index (κ2) is 4.80. The van der Waals surface area contributed by atoms with Gasteiger partial charge in [0.1, 0.15) is 5.78 Å². The summed E-state index contributed by atoms with van der Waals surface area (Å²) in [4.78, 5) is 10.8. The molecular weight excluding hydrogens is 174 g/mol. The molecule has 1 aromatic rings. The summed E-state index contributed by atoms with van der Waals surface area (Å²) < 4.78 is 0. The van der Waals surface area contributed by atoms with Crippen molar-refractivity contribution in [2.24, 2.45) is 0 Å². The summed E-state index contributed by atoms with van der Waals surface area (Å²) in [7, 11) is 0. The highest BCUT2D eigenvalue weighted by molar-refractivity contribution is 5.75. The van der Waals surface area contributed by atoms with Crippen LogP contribution in [-0.4, -0.2) is 5.78 Å². The van der Waals surface area contributed by atoms with Gasteiger partial charge in [-0.25, -0.2) is 0 Å². The molecule has 0 saturated heterocycles. The van der Waals surface area contributed by atoms with Gasteiger partial charge in [-0.3, -0.25) is 0 Å². The molecule has 0 unspecified atom stereocenters. The average molecular weight is 191 g/mol. The van der Waals surface area contributed by atoms with Crippen molar-refractivity contribution in [2.75, 3.05) is 5.73 Å². The number of hydrogen-bond donors (Lipinski definition) is 1. The number of benzene rings is 1. The Labute approximate surface area is 85.1 Å². The summed E-state index contributed by atoms with van der Waals surface area (Å²) in [5, 5.41) is 0. The molecule has 0 atom stereocenters. The Morgan fingerprint density at radius 3 is 2.71 bits per heavy atom. The molecular formula is C12H17NO. The van der Waals surface area contributed by atoms with E-state index in [-0.39, 0.29) is 5.78 Å². The first-order valence-corrected chi connectivity index (χ1v) is 5.00. The van der Waals surface area contributed by atoms with E-state index in [9.17, 15) is 4.79 Å². The van der Waals surface area contributed by atoms with Gasteiger partial charge in [0, 0.05) is 12.1 Å². The smallest absolute Gasteiger partial charge is 0.130 e. The number of aryl methyl sites for hydroxylation is 2. The van der Waals surface area contributed by atoms with Gasteiger partial charge in [-0.05, 0) is 37.0 Å². The minimum Gasteiger partial charge on any atom is -0.399 e. The van der Waals surface area contributed by atoms with E-state index in [2.05, 4.69) is 13.0 Å². The third kappa shape index (κ3) is 2.87. The quantitative estimate of drug-likeness (QED) is 0.742. The number of anilines is 1. The number of carbonyl (C=O) groups excluding carboxylic acids is 1. The summed E-state index contributed by atoms with van der Waals surface area (Å²) in [6.07, 6.45) is 2.38. The lowest BCUT2D eigenvalue weighted by Gasteiger charge is -2.05. The average Bonchev–Trinajstić information content (AvgIpc) is 2.16. The molecule has 0 aliphatic heterocycles. The highest BCUT2D eigenvalue weighted by Gasteiger charge is 2.00. The molecule has 76 valence electrons. The zero-order valence-electron chi connectivity index (χ0n) is 8.84. The fourth-order valence-corrected chi connectivity index (χ4v) is 1.44. The van der Waals surface area contributed by atoms with E-state index in [1.807, 2.05) is 12.1 Å². The molecule has 0 aliphatic carbocycles. The number of hydrogen-bond acceptors (Lipinski definition) is 2. The number of Topliss-reactive ketones (excluding diaryl/α,β-unsaturated/α-hetero) is 1. The van der Waals surface area contributed by atoms with Crippen LogP contribution in [0.4, 0.5) is 5.69 Å². The van der Waals surface area contributed by atoms with Crippen LogP contribution in [-0.2, 0) is 17.6 Å². The zero-order valence-corrected chi connectivity index (χ0v) is 8.84. The first-order valence-electron chi connectivity index (χ1n) is 5.00. The maximum atomic E-state index is 10.8. The Balaban J connectivity index is 2.74. The van der Waals surface area contributed by atoms with Crippen LogP contribution in [0.2, 0.25) is 0 Å². The Hall–Kier alpha value is -1.31. The van der Waals surface area contributed by atoms with Gasteiger partial charge in [-0.15, -0.1) is 0 Å². The maximum Gasteiger partial charge on any atom is 0.130 e. The number of rotatable bonds is 4. The van der Waals surface area contributed by atoms with Crippen molar-refractivity contribution in [3.63, 3.8) is 0 Å². The molecule has 0 aliphatic rings.